The molecule has 0 radical (unpaired) electrons. The van der Waals surface area contributed by atoms with E-state index in [0.29, 0.717) is 24.8 Å². The second-order valence-electron chi connectivity index (χ2n) is 6.16. The maximum absolute atomic E-state index is 12.4. The van der Waals surface area contributed by atoms with Crippen LogP contribution in [0.3, 0.4) is 0 Å². The molecule has 0 aromatic carbocycles. The van der Waals surface area contributed by atoms with Gasteiger partial charge in [-0.1, -0.05) is 13.8 Å². The van der Waals surface area contributed by atoms with Crippen LogP contribution in [0.1, 0.15) is 40.8 Å². The Kier molecular flexibility index (Phi) is 5.03. The van der Waals surface area contributed by atoms with Crippen molar-refractivity contribution in [1.82, 2.24) is 15.3 Å². The molecule has 5 nitrogen and oxygen atoms in total. The molecule has 1 amide bonds. The number of rotatable bonds is 5. The summed E-state index contributed by atoms with van der Waals surface area (Å²) in [6.45, 7) is 5.39. The SMILES string of the molecule is CC(C)c1nc(C(=O)N[C@H]2COC[C@H]2Cc2ccncc2)cs1. The van der Waals surface area contributed by atoms with Crippen molar-refractivity contribution in [3.8, 4) is 0 Å². The summed E-state index contributed by atoms with van der Waals surface area (Å²) < 4.78 is 5.57. The maximum atomic E-state index is 12.4. The van der Waals surface area contributed by atoms with Crippen molar-refractivity contribution < 1.29 is 9.53 Å². The van der Waals surface area contributed by atoms with Crippen LogP contribution < -0.4 is 5.32 Å². The van der Waals surface area contributed by atoms with Crippen LogP contribution >= 0.6 is 11.3 Å². The molecule has 1 fully saturated rings. The van der Waals surface area contributed by atoms with E-state index in [0.717, 1.165) is 11.4 Å². The summed E-state index contributed by atoms with van der Waals surface area (Å²) in [6, 6.07) is 4.04. The normalized spacial score (nSPS) is 20.8. The van der Waals surface area contributed by atoms with Gasteiger partial charge in [-0.15, -0.1) is 11.3 Å². The number of nitrogens with one attached hydrogen (secondary N) is 1. The van der Waals surface area contributed by atoms with Crippen LogP contribution in [0.15, 0.2) is 29.9 Å². The summed E-state index contributed by atoms with van der Waals surface area (Å²) in [5.74, 6) is 0.517. The van der Waals surface area contributed by atoms with Gasteiger partial charge in [-0.05, 0) is 24.1 Å². The van der Waals surface area contributed by atoms with Crippen molar-refractivity contribution in [3.63, 3.8) is 0 Å². The molecule has 0 aliphatic carbocycles. The van der Waals surface area contributed by atoms with Gasteiger partial charge in [-0.3, -0.25) is 9.78 Å². The number of thiazole rings is 1. The first-order chi connectivity index (χ1) is 11.1. The van der Waals surface area contributed by atoms with Crippen molar-refractivity contribution in [2.75, 3.05) is 13.2 Å². The lowest BCUT2D eigenvalue weighted by Gasteiger charge is -2.18. The van der Waals surface area contributed by atoms with Gasteiger partial charge < -0.3 is 10.1 Å². The Hall–Kier alpha value is -1.79. The van der Waals surface area contributed by atoms with Crippen molar-refractivity contribution >= 4 is 17.2 Å². The predicted octanol–water partition coefficient (Wildman–Crippen LogP) is 2.65. The summed E-state index contributed by atoms with van der Waals surface area (Å²) in [5.41, 5.74) is 1.72. The molecule has 0 bridgehead atoms. The molecule has 1 N–H and O–H groups in total. The monoisotopic (exact) mass is 331 g/mol. The quantitative estimate of drug-likeness (QED) is 0.915. The highest BCUT2D eigenvalue weighted by Crippen LogP contribution is 2.21. The van der Waals surface area contributed by atoms with Crippen molar-refractivity contribution in [1.29, 1.82) is 0 Å². The highest BCUT2D eigenvalue weighted by molar-refractivity contribution is 7.09. The molecule has 3 heterocycles. The number of hydrogen-bond donors (Lipinski definition) is 1. The molecule has 0 unspecified atom stereocenters. The van der Waals surface area contributed by atoms with E-state index in [1.54, 1.807) is 12.4 Å². The molecule has 3 rings (SSSR count). The molecule has 1 aliphatic rings. The minimum atomic E-state index is -0.108. The van der Waals surface area contributed by atoms with E-state index < -0.39 is 0 Å². The number of hydrogen-bond acceptors (Lipinski definition) is 5. The number of carbonyl (C=O) groups is 1. The first kappa shape index (κ1) is 16.1. The molecule has 6 heteroatoms. The fourth-order valence-electron chi connectivity index (χ4n) is 2.68. The Bertz CT molecular complexity index is 657. The topological polar surface area (TPSA) is 64.1 Å². The number of ether oxygens (including phenoxy) is 1. The summed E-state index contributed by atoms with van der Waals surface area (Å²) in [5, 5.41) is 5.91. The third-order valence-corrected chi connectivity index (χ3v) is 5.16. The van der Waals surface area contributed by atoms with Crippen LogP contribution in [-0.2, 0) is 11.2 Å². The number of nitrogens with zero attached hydrogens (tertiary/aromatic N) is 2. The molecule has 2 aromatic heterocycles. The molecule has 2 atom stereocenters. The Morgan fingerprint density at radius 3 is 2.87 bits per heavy atom. The van der Waals surface area contributed by atoms with Crippen molar-refractivity contribution in [3.05, 3.63) is 46.2 Å². The second-order valence-corrected chi connectivity index (χ2v) is 7.05. The van der Waals surface area contributed by atoms with Gasteiger partial charge in [0.15, 0.2) is 0 Å². The van der Waals surface area contributed by atoms with Crippen LogP contribution in [0, 0.1) is 5.92 Å². The fraction of sp³-hybridized carbons (Fsp3) is 0.471. The first-order valence-electron chi connectivity index (χ1n) is 7.86. The van der Waals surface area contributed by atoms with E-state index in [4.69, 9.17) is 4.74 Å². The summed E-state index contributed by atoms with van der Waals surface area (Å²) in [4.78, 5) is 20.9. The van der Waals surface area contributed by atoms with Gasteiger partial charge in [0.1, 0.15) is 5.69 Å². The standard InChI is InChI=1S/C17H21N3O2S/c1-11(2)17-20-15(10-23-17)16(21)19-14-9-22-8-13(14)7-12-3-5-18-6-4-12/h3-6,10-11,13-14H,7-9H2,1-2H3,(H,19,21)/t13-,14+/m1/s1. The Labute approximate surface area is 140 Å². The lowest BCUT2D eigenvalue weighted by Crippen LogP contribution is -2.40. The summed E-state index contributed by atoms with van der Waals surface area (Å²) in [6.07, 6.45) is 4.46. The van der Waals surface area contributed by atoms with Crippen molar-refractivity contribution in [2.24, 2.45) is 5.92 Å². The maximum Gasteiger partial charge on any atom is 0.271 e. The number of amides is 1. The van der Waals surface area contributed by atoms with Crippen LogP contribution in [-0.4, -0.2) is 35.1 Å². The van der Waals surface area contributed by atoms with Crippen LogP contribution in [0.25, 0.3) is 0 Å². The third-order valence-electron chi connectivity index (χ3n) is 4.01. The van der Waals surface area contributed by atoms with Gasteiger partial charge in [-0.25, -0.2) is 4.98 Å². The molecule has 0 spiro atoms. The van der Waals surface area contributed by atoms with Crippen molar-refractivity contribution in [2.45, 2.75) is 32.2 Å². The second kappa shape index (κ2) is 7.19. The summed E-state index contributed by atoms with van der Waals surface area (Å²) in [7, 11) is 0. The highest BCUT2D eigenvalue weighted by Gasteiger charge is 2.30. The predicted molar refractivity (Wildman–Crippen MR) is 89.7 cm³/mol. The average molecular weight is 331 g/mol. The number of pyridine rings is 1. The van der Waals surface area contributed by atoms with E-state index in [9.17, 15) is 4.79 Å². The third kappa shape index (κ3) is 3.95. The van der Waals surface area contributed by atoms with Crippen LogP contribution in [0.2, 0.25) is 0 Å². The zero-order chi connectivity index (χ0) is 16.2. The Morgan fingerprint density at radius 2 is 2.17 bits per heavy atom. The average Bonchev–Trinajstić information content (AvgIpc) is 3.18. The molecular formula is C17H21N3O2S. The number of aromatic nitrogens is 2. The lowest BCUT2D eigenvalue weighted by molar-refractivity contribution is 0.0920. The van der Waals surface area contributed by atoms with Gasteiger partial charge >= 0.3 is 0 Å². The fourth-order valence-corrected chi connectivity index (χ4v) is 3.50. The lowest BCUT2D eigenvalue weighted by atomic mass is 9.95. The first-order valence-corrected chi connectivity index (χ1v) is 8.74. The molecule has 23 heavy (non-hydrogen) atoms. The van der Waals surface area contributed by atoms with Gasteiger partial charge in [0.2, 0.25) is 0 Å². The molecule has 1 saturated heterocycles. The summed E-state index contributed by atoms with van der Waals surface area (Å²) >= 11 is 1.54. The Morgan fingerprint density at radius 1 is 1.39 bits per heavy atom. The van der Waals surface area contributed by atoms with Crippen LogP contribution in [0.4, 0.5) is 0 Å². The van der Waals surface area contributed by atoms with Gasteiger partial charge in [-0.2, -0.15) is 0 Å². The van der Waals surface area contributed by atoms with Gasteiger partial charge in [0.05, 0.1) is 24.3 Å². The van der Waals surface area contributed by atoms with E-state index in [-0.39, 0.29) is 17.9 Å². The smallest absolute Gasteiger partial charge is 0.271 e. The minimum absolute atomic E-state index is 0.0277. The van der Waals surface area contributed by atoms with E-state index in [2.05, 4.69) is 29.1 Å². The van der Waals surface area contributed by atoms with E-state index >= 15 is 0 Å². The Balaban J connectivity index is 1.62. The zero-order valence-corrected chi connectivity index (χ0v) is 14.2. The highest BCUT2D eigenvalue weighted by atomic mass is 32.1. The largest absolute Gasteiger partial charge is 0.379 e. The van der Waals surface area contributed by atoms with E-state index in [1.807, 2.05) is 17.5 Å². The molecule has 122 valence electrons. The van der Waals surface area contributed by atoms with Gasteiger partial charge in [0, 0.05) is 29.6 Å². The zero-order valence-electron chi connectivity index (χ0n) is 13.4. The minimum Gasteiger partial charge on any atom is -0.379 e. The molecule has 0 saturated carbocycles. The molecular weight excluding hydrogens is 310 g/mol. The van der Waals surface area contributed by atoms with E-state index in [1.165, 1.54) is 16.9 Å². The van der Waals surface area contributed by atoms with Crippen LogP contribution in [0.5, 0.6) is 0 Å². The van der Waals surface area contributed by atoms with Gasteiger partial charge in [0.25, 0.3) is 5.91 Å². The molecule has 1 aliphatic heterocycles. The number of carbonyl (C=O) groups excluding carboxylic acids is 1. The molecule has 2 aromatic rings.